The number of hydrogen-bond donors (Lipinski definition) is 3. The quantitative estimate of drug-likeness (QED) is 0.660. The Labute approximate surface area is 154 Å². The summed E-state index contributed by atoms with van der Waals surface area (Å²) in [4.78, 5) is 30.0. The van der Waals surface area contributed by atoms with E-state index in [1.54, 1.807) is 0 Å². The van der Waals surface area contributed by atoms with Gasteiger partial charge in [0.25, 0.3) is 5.91 Å². The molecule has 0 spiro atoms. The predicted octanol–water partition coefficient (Wildman–Crippen LogP) is 3.33. The number of hydrogen-bond acceptors (Lipinski definition) is 4. The van der Waals surface area contributed by atoms with E-state index in [9.17, 15) is 9.59 Å². The number of primary amides is 1. The number of aromatic nitrogens is 2. The number of aryl methyl sites for hydroxylation is 2. The minimum Gasteiger partial charge on any atom is -0.365 e. The van der Waals surface area contributed by atoms with Gasteiger partial charge in [0, 0.05) is 11.1 Å². The molecule has 0 saturated heterocycles. The highest BCUT2D eigenvalue weighted by Crippen LogP contribution is 2.38. The second-order valence-corrected chi connectivity index (χ2v) is 7.44. The fourth-order valence-corrected chi connectivity index (χ4v) is 4.71. The maximum atomic E-state index is 12.6. The summed E-state index contributed by atoms with van der Waals surface area (Å²) in [5.74, 6) is 0.103. The van der Waals surface area contributed by atoms with Crippen LogP contribution in [0.3, 0.4) is 0 Å². The first-order valence-corrected chi connectivity index (χ1v) is 9.32. The fraction of sp³-hybridized carbons (Fsp3) is 0.278. The van der Waals surface area contributed by atoms with E-state index in [-0.39, 0.29) is 0 Å². The molecule has 26 heavy (non-hydrogen) atoms. The Bertz CT molecular complexity index is 1020. The monoisotopic (exact) mass is 369 g/mol. The molecule has 3 heterocycles. The number of fused-ring (bicyclic) bond motifs is 2. The van der Waals surface area contributed by atoms with Gasteiger partial charge < -0.3 is 5.73 Å². The molecule has 1 aliphatic rings. The molecule has 4 N–H and O–H groups in total. The van der Waals surface area contributed by atoms with Crippen molar-refractivity contribution in [3.63, 3.8) is 0 Å². The third-order valence-corrected chi connectivity index (χ3v) is 5.79. The summed E-state index contributed by atoms with van der Waals surface area (Å²) in [7, 11) is 0. The van der Waals surface area contributed by atoms with E-state index in [0.29, 0.717) is 22.1 Å². The van der Waals surface area contributed by atoms with Crippen LogP contribution < -0.4 is 16.4 Å². The molecule has 134 valence electrons. The number of rotatable bonds is 3. The average molecular weight is 369 g/mol. The molecule has 4 rings (SSSR count). The van der Waals surface area contributed by atoms with Gasteiger partial charge in [-0.15, -0.1) is 11.3 Å². The van der Waals surface area contributed by atoms with Gasteiger partial charge in [-0.3, -0.25) is 19.8 Å². The lowest BCUT2D eigenvalue weighted by atomic mass is 9.95. The van der Waals surface area contributed by atoms with Crippen molar-refractivity contribution in [1.29, 1.82) is 0 Å². The molecule has 8 heteroatoms. The summed E-state index contributed by atoms with van der Waals surface area (Å²) < 4.78 is 1.81. The molecule has 3 aromatic heterocycles. The number of anilines is 2. The van der Waals surface area contributed by atoms with Crippen LogP contribution in [0.25, 0.3) is 5.65 Å². The largest absolute Gasteiger partial charge is 0.365 e. The summed E-state index contributed by atoms with van der Waals surface area (Å²) >= 11 is 1.44. The number of carbonyl (C=O) groups is 2. The van der Waals surface area contributed by atoms with Gasteiger partial charge in [-0.2, -0.15) is 0 Å². The second kappa shape index (κ2) is 6.45. The zero-order valence-corrected chi connectivity index (χ0v) is 15.2. The van der Waals surface area contributed by atoms with Gasteiger partial charge in [0.15, 0.2) is 0 Å². The molecule has 0 radical (unpaired) electrons. The number of pyridine rings is 1. The fourth-order valence-electron chi connectivity index (χ4n) is 3.42. The molecule has 0 aliphatic heterocycles. The van der Waals surface area contributed by atoms with Crippen LogP contribution in [0.5, 0.6) is 0 Å². The maximum absolute atomic E-state index is 12.6. The highest BCUT2D eigenvalue weighted by molar-refractivity contribution is 7.17. The lowest BCUT2D eigenvalue weighted by Crippen LogP contribution is -2.23. The summed E-state index contributed by atoms with van der Waals surface area (Å²) in [6, 6.07) is 5.21. The Hall–Kier alpha value is -2.87. The van der Waals surface area contributed by atoms with Gasteiger partial charge in [-0.25, -0.2) is 9.78 Å². The molecule has 0 atom stereocenters. The Kier molecular flexibility index (Phi) is 4.12. The molecule has 0 unspecified atom stereocenters. The number of amides is 3. The van der Waals surface area contributed by atoms with Crippen molar-refractivity contribution in [3.8, 4) is 0 Å². The molecular weight excluding hydrogens is 350 g/mol. The first-order valence-electron chi connectivity index (χ1n) is 8.50. The highest BCUT2D eigenvalue weighted by atomic mass is 32.1. The van der Waals surface area contributed by atoms with Crippen LogP contribution in [0, 0.1) is 6.92 Å². The minimum atomic E-state index is -0.495. The van der Waals surface area contributed by atoms with E-state index in [1.807, 2.05) is 35.7 Å². The molecule has 0 saturated carbocycles. The average Bonchev–Trinajstić information content (AvgIpc) is 3.12. The van der Waals surface area contributed by atoms with Gasteiger partial charge in [-0.05, 0) is 50.3 Å². The van der Waals surface area contributed by atoms with Crippen molar-refractivity contribution in [2.75, 3.05) is 10.6 Å². The van der Waals surface area contributed by atoms with Crippen molar-refractivity contribution in [2.45, 2.75) is 32.6 Å². The molecule has 0 fully saturated rings. The van der Waals surface area contributed by atoms with Crippen LogP contribution >= 0.6 is 11.3 Å². The number of imidazole rings is 1. The molecule has 3 aromatic rings. The topological polar surface area (TPSA) is 102 Å². The zero-order valence-electron chi connectivity index (χ0n) is 14.3. The van der Waals surface area contributed by atoms with Crippen LogP contribution in [0.4, 0.5) is 15.6 Å². The van der Waals surface area contributed by atoms with E-state index in [2.05, 4.69) is 15.6 Å². The number of thiophene rings is 1. The van der Waals surface area contributed by atoms with Crippen LogP contribution in [-0.2, 0) is 12.8 Å². The molecule has 0 bridgehead atoms. The van der Waals surface area contributed by atoms with E-state index < -0.39 is 11.9 Å². The van der Waals surface area contributed by atoms with Crippen LogP contribution in [0.1, 0.15) is 39.3 Å². The zero-order chi connectivity index (χ0) is 18.3. The Balaban J connectivity index is 1.62. The minimum absolute atomic E-state index is 0.417. The van der Waals surface area contributed by atoms with E-state index in [4.69, 9.17) is 5.73 Å². The number of nitrogens with two attached hydrogens (primary N) is 1. The Morgan fingerprint density at radius 1 is 1.23 bits per heavy atom. The summed E-state index contributed by atoms with van der Waals surface area (Å²) in [6.45, 7) is 1.83. The number of nitrogens with zero attached hydrogens (tertiary/aromatic N) is 2. The van der Waals surface area contributed by atoms with Crippen molar-refractivity contribution in [1.82, 2.24) is 9.38 Å². The summed E-state index contributed by atoms with van der Waals surface area (Å²) in [6.07, 6.45) is 5.73. The lowest BCUT2D eigenvalue weighted by Gasteiger charge is -2.11. The van der Waals surface area contributed by atoms with E-state index >= 15 is 0 Å². The van der Waals surface area contributed by atoms with Crippen molar-refractivity contribution in [3.05, 3.63) is 46.1 Å². The van der Waals surface area contributed by atoms with Crippen molar-refractivity contribution >= 4 is 39.7 Å². The first kappa shape index (κ1) is 16.6. The molecule has 7 nitrogen and oxygen atoms in total. The molecule has 0 aromatic carbocycles. The van der Waals surface area contributed by atoms with Crippen LogP contribution in [0.15, 0.2) is 24.4 Å². The van der Waals surface area contributed by atoms with Gasteiger partial charge in [0.1, 0.15) is 16.5 Å². The number of urea groups is 1. The van der Waals surface area contributed by atoms with Crippen molar-refractivity contribution < 1.29 is 9.59 Å². The van der Waals surface area contributed by atoms with Crippen LogP contribution in [-0.4, -0.2) is 21.3 Å². The SMILES string of the molecule is Cc1nc2ccccn2c1NC(=O)Nc1sc2c(c1C(N)=O)CCCC2. The second-order valence-electron chi connectivity index (χ2n) is 6.33. The standard InChI is InChI=1S/C18H19N5O2S/c1-10-16(23-9-5-4-8-13(23)20-10)21-18(25)22-17-14(15(19)24)11-6-2-3-7-12(11)26-17/h4-5,8-9H,2-3,6-7H2,1H3,(H2,19,24)(H2,21,22,25). The Morgan fingerprint density at radius 3 is 2.85 bits per heavy atom. The van der Waals surface area contributed by atoms with E-state index in [0.717, 1.165) is 41.8 Å². The van der Waals surface area contributed by atoms with E-state index in [1.165, 1.54) is 11.3 Å². The summed E-state index contributed by atoms with van der Waals surface area (Å²) in [5, 5.41) is 6.16. The highest BCUT2D eigenvalue weighted by Gasteiger charge is 2.25. The lowest BCUT2D eigenvalue weighted by molar-refractivity contribution is 0.100. The normalized spacial score (nSPS) is 13.4. The molecule has 1 aliphatic carbocycles. The van der Waals surface area contributed by atoms with Crippen LogP contribution in [0.2, 0.25) is 0 Å². The smallest absolute Gasteiger partial charge is 0.325 e. The molecule has 3 amide bonds. The van der Waals surface area contributed by atoms with Gasteiger partial charge >= 0.3 is 6.03 Å². The maximum Gasteiger partial charge on any atom is 0.325 e. The van der Waals surface area contributed by atoms with Gasteiger partial charge in [0.05, 0.1) is 11.3 Å². The molecular formula is C18H19N5O2S. The number of nitrogens with one attached hydrogen (secondary N) is 2. The van der Waals surface area contributed by atoms with Gasteiger partial charge in [-0.1, -0.05) is 6.07 Å². The Morgan fingerprint density at radius 2 is 2.04 bits per heavy atom. The third kappa shape index (κ3) is 2.82. The number of carbonyl (C=O) groups excluding carboxylic acids is 2. The van der Waals surface area contributed by atoms with Crippen molar-refractivity contribution in [2.24, 2.45) is 5.73 Å². The summed E-state index contributed by atoms with van der Waals surface area (Å²) in [5.41, 5.74) is 8.49. The first-order chi connectivity index (χ1) is 12.5. The predicted molar refractivity (Wildman–Crippen MR) is 102 cm³/mol. The third-order valence-electron chi connectivity index (χ3n) is 4.58. The van der Waals surface area contributed by atoms with Gasteiger partial charge in [0.2, 0.25) is 0 Å².